The van der Waals surface area contributed by atoms with E-state index in [1.54, 1.807) is 13.2 Å². The van der Waals surface area contributed by atoms with Crippen LogP contribution in [0, 0.1) is 6.92 Å². The molecule has 1 fully saturated rings. The minimum Gasteiger partial charge on any atom is -0.504 e. The van der Waals surface area contributed by atoms with Crippen LogP contribution in [0.15, 0.2) is 6.07 Å². The van der Waals surface area contributed by atoms with Crippen LogP contribution < -0.4 is 10.5 Å². The van der Waals surface area contributed by atoms with E-state index in [2.05, 4.69) is 0 Å². The summed E-state index contributed by atoms with van der Waals surface area (Å²) in [6.45, 7) is 2.54. The predicted octanol–water partition coefficient (Wildman–Crippen LogP) is 3.52. The zero-order valence-electron chi connectivity index (χ0n) is 11.6. The fraction of sp³-hybridized carbons (Fsp3) is 0.600. The molecule has 0 saturated heterocycles. The number of methoxy groups -OCH3 is 1. The predicted molar refractivity (Wildman–Crippen MR) is 78.2 cm³/mol. The maximum Gasteiger partial charge on any atom is 0.164 e. The Morgan fingerprint density at radius 3 is 2.53 bits per heavy atom. The van der Waals surface area contributed by atoms with E-state index >= 15 is 0 Å². The van der Waals surface area contributed by atoms with Gasteiger partial charge < -0.3 is 15.6 Å². The molecule has 1 aliphatic rings. The molecule has 3 nitrogen and oxygen atoms in total. The van der Waals surface area contributed by atoms with Gasteiger partial charge in [0.15, 0.2) is 11.5 Å². The van der Waals surface area contributed by atoms with Gasteiger partial charge in [0.2, 0.25) is 0 Å². The van der Waals surface area contributed by atoms with Crippen molar-refractivity contribution in [3.05, 3.63) is 22.2 Å². The van der Waals surface area contributed by atoms with Gasteiger partial charge in [0.25, 0.3) is 0 Å². The summed E-state index contributed by atoms with van der Waals surface area (Å²) >= 11 is 6.23. The second-order valence-corrected chi connectivity index (χ2v) is 5.86. The molecule has 106 valence electrons. The third-order valence-electron chi connectivity index (χ3n) is 4.39. The average molecular weight is 284 g/mol. The van der Waals surface area contributed by atoms with Gasteiger partial charge in [0.05, 0.1) is 7.11 Å². The van der Waals surface area contributed by atoms with Gasteiger partial charge in [-0.1, -0.05) is 30.9 Å². The highest BCUT2D eigenvalue weighted by molar-refractivity contribution is 6.31. The summed E-state index contributed by atoms with van der Waals surface area (Å²) in [6, 6.07) is 1.55. The van der Waals surface area contributed by atoms with Crippen molar-refractivity contribution in [3.63, 3.8) is 0 Å². The molecule has 1 aromatic rings. The minimum absolute atomic E-state index is 0.103. The molecule has 0 amide bonds. The van der Waals surface area contributed by atoms with Gasteiger partial charge in [-0.15, -0.1) is 0 Å². The van der Waals surface area contributed by atoms with Crippen molar-refractivity contribution in [1.82, 2.24) is 0 Å². The van der Waals surface area contributed by atoms with Gasteiger partial charge in [-0.3, -0.25) is 0 Å². The van der Waals surface area contributed by atoms with Gasteiger partial charge in [0, 0.05) is 28.6 Å². The third-order valence-corrected chi connectivity index (χ3v) is 4.78. The minimum atomic E-state index is -0.115. The summed E-state index contributed by atoms with van der Waals surface area (Å²) < 4.78 is 5.43. The molecule has 0 aromatic heterocycles. The van der Waals surface area contributed by atoms with Gasteiger partial charge >= 0.3 is 0 Å². The summed E-state index contributed by atoms with van der Waals surface area (Å²) in [5, 5.41) is 10.7. The lowest BCUT2D eigenvalue weighted by atomic mass is 9.68. The van der Waals surface area contributed by atoms with E-state index in [1.807, 2.05) is 6.92 Å². The summed E-state index contributed by atoms with van der Waals surface area (Å²) in [5.74, 6) is 0.640. The van der Waals surface area contributed by atoms with Gasteiger partial charge in [-0.05, 0) is 25.3 Å². The van der Waals surface area contributed by atoms with Crippen LogP contribution in [0.2, 0.25) is 5.02 Å². The monoisotopic (exact) mass is 283 g/mol. The molecule has 1 saturated carbocycles. The molecule has 0 radical (unpaired) electrons. The van der Waals surface area contributed by atoms with E-state index in [-0.39, 0.29) is 11.2 Å². The van der Waals surface area contributed by atoms with E-state index in [0.29, 0.717) is 17.3 Å². The lowest BCUT2D eigenvalue weighted by molar-refractivity contribution is 0.281. The molecule has 0 aliphatic heterocycles. The highest BCUT2D eigenvalue weighted by Gasteiger charge is 2.37. The fourth-order valence-electron chi connectivity index (χ4n) is 3.34. The Balaban J connectivity index is 2.64. The van der Waals surface area contributed by atoms with Crippen LogP contribution in [-0.4, -0.2) is 18.8 Å². The molecule has 1 aromatic carbocycles. The number of phenolic OH excluding ortho intramolecular Hbond substituents is 1. The van der Waals surface area contributed by atoms with E-state index < -0.39 is 0 Å². The smallest absolute Gasteiger partial charge is 0.164 e. The average Bonchev–Trinajstić information content (AvgIpc) is 2.43. The number of phenols is 1. The maximum atomic E-state index is 10.1. The maximum absolute atomic E-state index is 10.1. The van der Waals surface area contributed by atoms with Crippen molar-refractivity contribution in [2.24, 2.45) is 5.73 Å². The number of nitrogens with two attached hydrogens (primary N) is 1. The van der Waals surface area contributed by atoms with Crippen LogP contribution in [-0.2, 0) is 5.41 Å². The summed E-state index contributed by atoms with van der Waals surface area (Å²) in [5.41, 5.74) is 7.95. The molecule has 0 spiro atoms. The number of hydrogen-bond acceptors (Lipinski definition) is 3. The van der Waals surface area contributed by atoms with Crippen molar-refractivity contribution >= 4 is 11.6 Å². The van der Waals surface area contributed by atoms with Crippen molar-refractivity contribution in [1.29, 1.82) is 0 Å². The Morgan fingerprint density at radius 2 is 2.00 bits per heavy atom. The number of hydrogen-bond donors (Lipinski definition) is 2. The topological polar surface area (TPSA) is 55.5 Å². The van der Waals surface area contributed by atoms with Crippen LogP contribution in [0.25, 0.3) is 0 Å². The molecule has 0 heterocycles. The highest BCUT2D eigenvalue weighted by Crippen LogP contribution is 2.48. The quantitative estimate of drug-likeness (QED) is 0.892. The van der Waals surface area contributed by atoms with Crippen molar-refractivity contribution in [3.8, 4) is 11.5 Å². The Kier molecular flexibility index (Phi) is 4.26. The van der Waals surface area contributed by atoms with Crippen LogP contribution in [0.1, 0.15) is 43.2 Å². The molecule has 19 heavy (non-hydrogen) atoms. The van der Waals surface area contributed by atoms with Crippen LogP contribution in [0.3, 0.4) is 0 Å². The number of aromatic hydroxyl groups is 1. The van der Waals surface area contributed by atoms with E-state index in [1.165, 1.54) is 6.42 Å². The highest BCUT2D eigenvalue weighted by atomic mass is 35.5. The molecule has 0 unspecified atom stereocenters. The Hall–Kier alpha value is -0.930. The molecular weight excluding hydrogens is 262 g/mol. The Morgan fingerprint density at radius 1 is 1.37 bits per heavy atom. The zero-order chi connectivity index (χ0) is 14.0. The first-order valence-corrected chi connectivity index (χ1v) is 7.20. The van der Waals surface area contributed by atoms with Crippen LogP contribution in [0.4, 0.5) is 0 Å². The van der Waals surface area contributed by atoms with E-state index in [0.717, 1.165) is 36.8 Å². The summed E-state index contributed by atoms with van der Waals surface area (Å²) in [4.78, 5) is 0. The number of rotatable bonds is 3. The SMILES string of the molecule is COc1c(O)cc(Cl)c(C)c1C1(CN)CCCCC1. The van der Waals surface area contributed by atoms with Crippen molar-refractivity contribution in [2.75, 3.05) is 13.7 Å². The zero-order valence-corrected chi connectivity index (χ0v) is 12.4. The lowest BCUT2D eigenvalue weighted by Gasteiger charge is -2.39. The first kappa shape index (κ1) is 14.5. The Labute approximate surface area is 119 Å². The summed E-state index contributed by atoms with van der Waals surface area (Å²) in [6.07, 6.45) is 5.62. The second-order valence-electron chi connectivity index (χ2n) is 5.46. The van der Waals surface area contributed by atoms with Gasteiger partial charge in [-0.25, -0.2) is 0 Å². The molecule has 3 N–H and O–H groups in total. The Bertz CT molecular complexity index is 468. The normalized spacial score (nSPS) is 18.3. The summed E-state index contributed by atoms with van der Waals surface area (Å²) in [7, 11) is 1.58. The standard InChI is InChI=1S/C15H22ClNO2/c1-10-11(16)8-12(18)14(19-2)13(10)15(9-17)6-4-3-5-7-15/h8,18H,3-7,9,17H2,1-2H3. The van der Waals surface area contributed by atoms with Crippen molar-refractivity contribution < 1.29 is 9.84 Å². The lowest BCUT2D eigenvalue weighted by Crippen LogP contribution is -2.38. The molecule has 2 rings (SSSR count). The van der Waals surface area contributed by atoms with Crippen LogP contribution in [0.5, 0.6) is 11.5 Å². The van der Waals surface area contributed by atoms with Crippen molar-refractivity contribution in [2.45, 2.75) is 44.4 Å². The van der Waals surface area contributed by atoms with Crippen LogP contribution >= 0.6 is 11.6 Å². The molecule has 1 aliphatic carbocycles. The third kappa shape index (κ3) is 2.41. The first-order chi connectivity index (χ1) is 9.05. The fourth-order valence-corrected chi connectivity index (χ4v) is 3.54. The number of halogens is 1. The molecular formula is C15H22ClNO2. The van der Waals surface area contributed by atoms with Gasteiger partial charge in [-0.2, -0.15) is 0 Å². The van der Waals surface area contributed by atoms with E-state index in [9.17, 15) is 5.11 Å². The van der Waals surface area contributed by atoms with E-state index in [4.69, 9.17) is 22.1 Å². The number of benzene rings is 1. The molecule has 0 bridgehead atoms. The van der Waals surface area contributed by atoms with Gasteiger partial charge in [0.1, 0.15) is 0 Å². The number of ether oxygens (including phenoxy) is 1. The second kappa shape index (κ2) is 5.59. The largest absolute Gasteiger partial charge is 0.504 e. The molecule has 4 heteroatoms. The molecule has 0 atom stereocenters. The first-order valence-electron chi connectivity index (χ1n) is 6.82.